The number of nitrogen functional groups attached to an aromatic ring is 1. The van der Waals surface area contributed by atoms with E-state index in [0.717, 1.165) is 36.4 Å². The predicted molar refractivity (Wildman–Crippen MR) is 112 cm³/mol. The number of nitrogens with two attached hydrogens (primary N) is 2. The van der Waals surface area contributed by atoms with Gasteiger partial charge in [-0.1, -0.05) is 35.5 Å². The average molecular weight is 411 g/mol. The number of thiophene rings is 1. The Bertz CT molecular complexity index is 1060. The van der Waals surface area contributed by atoms with Crippen molar-refractivity contribution in [3.8, 4) is 11.3 Å². The molecule has 8 nitrogen and oxygen atoms in total. The third kappa shape index (κ3) is 3.74. The van der Waals surface area contributed by atoms with Crippen molar-refractivity contribution in [1.82, 2.24) is 10.1 Å². The molecule has 0 spiro atoms. The number of hydrogen-bond donors (Lipinski definition) is 3. The first-order chi connectivity index (χ1) is 13.9. The van der Waals surface area contributed by atoms with Crippen LogP contribution in [-0.2, 0) is 0 Å². The van der Waals surface area contributed by atoms with Crippen LogP contribution in [0.3, 0.4) is 0 Å². The summed E-state index contributed by atoms with van der Waals surface area (Å²) in [6, 6.07) is 11.1. The largest absolute Gasteiger partial charge is 0.397 e. The molecule has 1 aliphatic heterocycles. The third-order valence-corrected chi connectivity index (χ3v) is 6.06. The lowest BCUT2D eigenvalue weighted by molar-refractivity contribution is 0.1000. The second-order valence-corrected chi connectivity index (χ2v) is 8.10. The quantitative estimate of drug-likeness (QED) is 0.532. The van der Waals surface area contributed by atoms with Gasteiger partial charge in [-0.15, -0.1) is 11.3 Å². The number of aromatic nitrogens is 1. The molecule has 0 radical (unpaired) electrons. The Morgan fingerprint density at radius 2 is 2.07 bits per heavy atom. The second kappa shape index (κ2) is 7.69. The Balaban J connectivity index is 1.64. The molecule has 3 heterocycles. The van der Waals surface area contributed by atoms with Gasteiger partial charge in [-0.3, -0.25) is 9.59 Å². The van der Waals surface area contributed by atoms with Gasteiger partial charge in [-0.25, -0.2) is 0 Å². The number of ketones is 1. The van der Waals surface area contributed by atoms with Crippen molar-refractivity contribution < 1.29 is 14.1 Å². The molecule has 150 valence electrons. The second-order valence-electron chi connectivity index (χ2n) is 7.08. The summed E-state index contributed by atoms with van der Waals surface area (Å²) >= 11 is 1.12. The van der Waals surface area contributed by atoms with E-state index >= 15 is 0 Å². The van der Waals surface area contributed by atoms with Crippen LogP contribution in [0.4, 0.5) is 10.7 Å². The van der Waals surface area contributed by atoms with Crippen LogP contribution in [0.2, 0.25) is 0 Å². The van der Waals surface area contributed by atoms with Crippen LogP contribution in [0.15, 0.2) is 40.9 Å². The lowest BCUT2D eigenvalue weighted by atomic mass is 10.1. The fraction of sp³-hybridized carbons (Fsp3) is 0.250. The van der Waals surface area contributed by atoms with E-state index in [2.05, 4.69) is 15.4 Å². The molecule has 1 aliphatic rings. The van der Waals surface area contributed by atoms with Crippen molar-refractivity contribution in [2.45, 2.75) is 12.5 Å². The van der Waals surface area contributed by atoms with Gasteiger partial charge in [0.2, 0.25) is 11.5 Å². The molecular weight excluding hydrogens is 390 g/mol. The Morgan fingerprint density at radius 1 is 1.31 bits per heavy atom. The number of anilines is 2. The molecule has 2 aromatic heterocycles. The Hall–Kier alpha value is -3.17. The van der Waals surface area contributed by atoms with Crippen molar-refractivity contribution in [3.05, 3.63) is 52.6 Å². The van der Waals surface area contributed by atoms with Crippen LogP contribution in [0.5, 0.6) is 0 Å². The highest BCUT2D eigenvalue weighted by Crippen LogP contribution is 2.38. The van der Waals surface area contributed by atoms with E-state index in [0.29, 0.717) is 10.7 Å². The maximum atomic E-state index is 13.0. The van der Waals surface area contributed by atoms with E-state index < -0.39 is 11.7 Å². The van der Waals surface area contributed by atoms with Crippen molar-refractivity contribution >= 4 is 33.7 Å². The van der Waals surface area contributed by atoms with Gasteiger partial charge in [0.15, 0.2) is 0 Å². The molecule has 1 saturated heterocycles. The molecule has 3 aromatic rings. The molecule has 29 heavy (non-hydrogen) atoms. The van der Waals surface area contributed by atoms with Crippen LogP contribution in [-0.4, -0.2) is 47.9 Å². The number of primary amides is 1. The lowest BCUT2D eigenvalue weighted by Crippen LogP contribution is -2.24. The fourth-order valence-electron chi connectivity index (χ4n) is 3.44. The minimum atomic E-state index is -0.672. The van der Waals surface area contributed by atoms with E-state index in [1.165, 1.54) is 0 Å². The molecule has 1 amide bonds. The molecule has 1 atom stereocenters. The molecule has 4 rings (SSSR count). The number of nitrogens with one attached hydrogen (secondary N) is 1. The van der Waals surface area contributed by atoms with Gasteiger partial charge in [-0.05, 0) is 20.0 Å². The number of hydrogen-bond acceptors (Lipinski definition) is 8. The highest BCUT2D eigenvalue weighted by molar-refractivity contribution is 7.19. The summed E-state index contributed by atoms with van der Waals surface area (Å²) in [4.78, 5) is 27.4. The summed E-state index contributed by atoms with van der Waals surface area (Å²) in [6.45, 7) is 1.79. The number of likely N-dealkylation sites (tertiary alicyclic amines) is 1. The number of likely N-dealkylation sites (N-methyl/N-ethyl adjacent to an activating group) is 1. The summed E-state index contributed by atoms with van der Waals surface area (Å²) in [7, 11) is 2.03. The first-order valence-electron chi connectivity index (χ1n) is 9.18. The molecule has 1 aromatic carbocycles. The topological polar surface area (TPSA) is 127 Å². The van der Waals surface area contributed by atoms with E-state index in [1.54, 1.807) is 6.07 Å². The normalized spacial score (nSPS) is 16.8. The van der Waals surface area contributed by atoms with Crippen molar-refractivity contribution in [1.29, 1.82) is 0 Å². The molecule has 9 heteroatoms. The van der Waals surface area contributed by atoms with Crippen LogP contribution in [0.1, 0.15) is 32.2 Å². The summed E-state index contributed by atoms with van der Waals surface area (Å²) in [6.07, 6.45) is 0.929. The number of benzene rings is 1. The first-order valence-corrected chi connectivity index (χ1v) is 9.99. The molecule has 1 fully saturated rings. The smallest absolute Gasteiger partial charge is 0.253 e. The fourth-order valence-corrected chi connectivity index (χ4v) is 4.58. The van der Waals surface area contributed by atoms with Crippen molar-refractivity contribution in [3.63, 3.8) is 0 Å². The zero-order chi connectivity index (χ0) is 20.5. The summed E-state index contributed by atoms with van der Waals surface area (Å²) in [5.74, 6) is -1.05. The molecule has 0 aliphatic carbocycles. The van der Waals surface area contributed by atoms with Crippen LogP contribution in [0.25, 0.3) is 11.3 Å². The van der Waals surface area contributed by atoms with Gasteiger partial charge >= 0.3 is 0 Å². The Kier molecular flexibility index (Phi) is 5.08. The summed E-state index contributed by atoms with van der Waals surface area (Å²) in [5.41, 5.74) is 13.3. The molecule has 0 bridgehead atoms. The molecule has 0 saturated carbocycles. The molecule has 1 unspecified atom stereocenters. The minimum absolute atomic E-state index is 0.0555. The summed E-state index contributed by atoms with van der Waals surface area (Å²) < 4.78 is 5.26. The number of nitrogens with zero attached hydrogens (tertiary/aromatic N) is 2. The monoisotopic (exact) mass is 411 g/mol. The maximum absolute atomic E-state index is 13.0. The van der Waals surface area contributed by atoms with E-state index in [-0.39, 0.29) is 27.9 Å². The lowest BCUT2D eigenvalue weighted by Gasteiger charge is -2.13. The third-order valence-electron chi connectivity index (χ3n) is 4.93. The molecular formula is C20H21N5O3S. The number of rotatable bonds is 6. The van der Waals surface area contributed by atoms with Crippen molar-refractivity contribution in [2.24, 2.45) is 5.73 Å². The van der Waals surface area contributed by atoms with Gasteiger partial charge in [0, 0.05) is 24.2 Å². The predicted octanol–water partition coefficient (Wildman–Crippen LogP) is 2.43. The number of amides is 1. The maximum Gasteiger partial charge on any atom is 0.253 e. The van der Waals surface area contributed by atoms with Gasteiger partial charge in [0.25, 0.3) is 5.91 Å². The van der Waals surface area contributed by atoms with Crippen LogP contribution in [0, 0.1) is 0 Å². The number of carbonyl (C=O) groups is 2. The minimum Gasteiger partial charge on any atom is -0.397 e. The SMILES string of the molecule is CN1CCC(Nc2sc(C(=O)c3cc(-c4ccccc4)no3)c(N)c2C(N)=O)C1. The van der Waals surface area contributed by atoms with Gasteiger partial charge in [-0.2, -0.15) is 0 Å². The zero-order valence-electron chi connectivity index (χ0n) is 15.8. The van der Waals surface area contributed by atoms with E-state index in [4.69, 9.17) is 16.0 Å². The zero-order valence-corrected chi connectivity index (χ0v) is 16.7. The van der Waals surface area contributed by atoms with Crippen molar-refractivity contribution in [2.75, 3.05) is 31.2 Å². The van der Waals surface area contributed by atoms with Gasteiger partial charge in [0.05, 0.1) is 11.3 Å². The Morgan fingerprint density at radius 3 is 2.72 bits per heavy atom. The van der Waals surface area contributed by atoms with Crippen LogP contribution >= 0.6 is 11.3 Å². The molecule has 5 N–H and O–H groups in total. The van der Waals surface area contributed by atoms with E-state index in [9.17, 15) is 9.59 Å². The van der Waals surface area contributed by atoms with E-state index in [1.807, 2.05) is 37.4 Å². The first kappa shape index (κ1) is 19.2. The van der Waals surface area contributed by atoms with Crippen LogP contribution < -0.4 is 16.8 Å². The van der Waals surface area contributed by atoms with Gasteiger partial charge in [0.1, 0.15) is 15.6 Å². The standard InChI is InChI=1S/C20H21N5O3S/c1-25-8-7-12(10-25)23-20-15(19(22)27)16(21)18(29-20)17(26)14-9-13(24-28-14)11-5-3-2-4-6-11/h2-6,9,12,23H,7-8,10,21H2,1H3,(H2,22,27). The summed E-state index contributed by atoms with van der Waals surface area (Å²) in [5, 5.41) is 7.81. The highest BCUT2D eigenvalue weighted by Gasteiger charge is 2.29. The Labute approximate surface area is 171 Å². The van der Waals surface area contributed by atoms with Gasteiger partial charge < -0.3 is 26.2 Å². The average Bonchev–Trinajstić information content (AvgIpc) is 3.41. The number of carbonyl (C=O) groups excluding carboxylic acids is 2. The highest BCUT2D eigenvalue weighted by atomic mass is 32.1.